The Labute approximate surface area is 85.2 Å². The Kier molecular flexibility index (Phi) is 4.59. The molecule has 0 spiro atoms. The fourth-order valence-corrected chi connectivity index (χ4v) is 1.42. The number of aliphatic hydroxyl groups is 1. The van der Waals surface area contributed by atoms with Crippen LogP contribution in [-0.2, 0) is 13.1 Å². The number of rotatable bonds is 5. The molecule has 1 aromatic carbocycles. The number of benzene rings is 1. The van der Waals surface area contributed by atoms with Crippen LogP contribution in [0.25, 0.3) is 0 Å². The molecule has 0 fully saturated rings. The number of likely N-dealkylation sites (N-methyl/N-ethyl adjacent to an activating group) is 1. The smallest absolute Gasteiger partial charge is 0.0558 e. The van der Waals surface area contributed by atoms with Gasteiger partial charge in [0, 0.05) is 19.6 Å². The van der Waals surface area contributed by atoms with Gasteiger partial charge in [-0.15, -0.1) is 0 Å². The van der Waals surface area contributed by atoms with Gasteiger partial charge in [0.05, 0.1) is 6.61 Å². The maximum absolute atomic E-state index is 8.75. The molecule has 0 aromatic heterocycles. The van der Waals surface area contributed by atoms with E-state index in [1.807, 2.05) is 19.2 Å². The van der Waals surface area contributed by atoms with E-state index in [-0.39, 0.29) is 6.61 Å². The molecule has 0 saturated carbocycles. The molecule has 1 rings (SSSR count). The van der Waals surface area contributed by atoms with E-state index in [9.17, 15) is 0 Å². The summed E-state index contributed by atoms with van der Waals surface area (Å²) in [6.45, 7) is 2.34. The number of nitrogens with two attached hydrogens (primary N) is 1. The summed E-state index contributed by atoms with van der Waals surface area (Å²) in [4.78, 5) is 2.08. The molecule has 0 saturated heterocycles. The first-order valence-electron chi connectivity index (χ1n) is 4.83. The molecule has 0 aliphatic rings. The van der Waals surface area contributed by atoms with Crippen molar-refractivity contribution < 1.29 is 5.11 Å². The van der Waals surface area contributed by atoms with Crippen LogP contribution in [0.5, 0.6) is 0 Å². The minimum atomic E-state index is 0.201. The lowest BCUT2D eigenvalue weighted by Gasteiger charge is -2.15. The molecule has 0 unspecified atom stereocenters. The number of hydrogen-bond acceptors (Lipinski definition) is 3. The highest BCUT2D eigenvalue weighted by atomic mass is 16.3. The van der Waals surface area contributed by atoms with Gasteiger partial charge in [0.15, 0.2) is 0 Å². The van der Waals surface area contributed by atoms with Crippen LogP contribution < -0.4 is 5.73 Å². The molecular weight excluding hydrogens is 176 g/mol. The van der Waals surface area contributed by atoms with Crippen molar-refractivity contribution in [2.24, 2.45) is 5.73 Å². The Bertz CT molecular complexity index is 276. The van der Waals surface area contributed by atoms with Crippen molar-refractivity contribution >= 4 is 0 Å². The quantitative estimate of drug-likeness (QED) is 0.720. The maximum Gasteiger partial charge on any atom is 0.0558 e. The summed E-state index contributed by atoms with van der Waals surface area (Å²) in [6, 6.07) is 8.22. The summed E-state index contributed by atoms with van der Waals surface area (Å²) in [5.41, 5.74) is 7.95. The second-order valence-corrected chi connectivity index (χ2v) is 3.49. The van der Waals surface area contributed by atoms with Gasteiger partial charge in [-0.2, -0.15) is 0 Å². The van der Waals surface area contributed by atoms with Gasteiger partial charge < -0.3 is 10.8 Å². The van der Waals surface area contributed by atoms with E-state index in [1.165, 1.54) is 5.56 Å². The van der Waals surface area contributed by atoms with Crippen LogP contribution in [0, 0.1) is 0 Å². The SMILES string of the molecule is CN(CCO)Cc1cccc(CN)c1. The molecule has 3 heteroatoms. The van der Waals surface area contributed by atoms with Gasteiger partial charge in [-0.05, 0) is 18.2 Å². The summed E-state index contributed by atoms with van der Waals surface area (Å²) in [7, 11) is 1.99. The molecule has 0 bridgehead atoms. The Hall–Kier alpha value is -0.900. The zero-order valence-electron chi connectivity index (χ0n) is 8.61. The highest BCUT2D eigenvalue weighted by Gasteiger charge is 1.99. The van der Waals surface area contributed by atoms with Crippen LogP contribution >= 0.6 is 0 Å². The first kappa shape index (κ1) is 11.2. The van der Waals surface area contributed by atoms with Crippen LogP contribution in [-0.4, -0.2) is 30.2 Å². The molecule has 0 amide bonds. The standard InChI is InChI=1S/C11H18N2O/c1-13(5-6-14)9-11-4-2-3-10(7-11)8-12/h2-4,7,14H,5-6,8-9,12H2,1H3. The molecule has 0 aliphatic heterocycles. The lowest BCUT2D eigenvalue weighted by atomic mass is 10.1. The zero-order chi connectivity index (χ0) is 10.4. The van der Waals surface area contributed by atoms with Crippen LogP contribution in [0.2, 0.25) is 0 Å². The minimum Gasteiger partial charge on any atom is -0.395 e. The van der Waals surface area contributed by atoms with E-state index in [4.69, 9.17) is 10.8 Å². The predicted molar refractivity (Wildman–Crippen MR) is 57.8 cm³/mol. The van der Waals surface area contributed by atoms with E-state index in [0.717, 1.165) is 12.1 Å². The molecule has 3 N–H and O–H groups in total. The lowest BCUT2D eigenvalue weighted by molar-refractivity contribution is 0.217. The molecule has 0 aliphatic carbocycles. The van der Waals surface area contributed by atoms with E-state index >= 15 is 0 Å². The summed E-state index contributed by atoms with van der Waals surface area (Å²) >= 11 is 0. The molecule has 3 nitrogen and oxygen atoms in total. The van der Waals surface area contributed by atoms with Gasteiger partial charge in [-0.1, -0.05) is 24.3 Å². The predicted octanol–water partition coefficient (Wildman–Crippen LogP) is 0.569. The number of aliphatic hydroxyl groups excluding tert-OH is 1. The van der Waals surface area contributed by atoms with E-state index in [1.54, 1.807) is 0 Å². The van der Waals surface area contributed by atoms with E-state index < -0.39 is 0 Å². The topological polar surface area (TPSA) is 49.5 Å². The van der Waals surface area contributed by atoms with E-state index in [0.29, 0.717) is 13.1 Å². The van der Waals surface area contributed by atoms with Crippen LogP contribution in [0.1, 0.15) is 11.1 Å². The Morgan fingerprint density at radius 2 is 2.07 bits per heavy atom. The highest BCUT2D eigenvalue weighted by Crippen LogP contribution is 2.06. The summed E-state index contributed by atoms with van der Waals surface area (Å²) in [6.07, 6.45) is 0. The van der Waals surface area contributed by atoms with Gasteiger partial charge in [-0.25, -0.2) is 0 Å². The second-order valence-electron chi connectivity index (χ2n) is 3.49. The van der Waals surface area contributed by atoms with Crippen LogP contribution in [0.15, 0.2) is 24.3 Å². The average Bonchev–Trinajstić information content (AvgIpc) is 2.18. The normalized spacial score (nSPS) is 10.9. The van der Waals surface area contributed by atoms with Crippen molar-refractivity contribution in [3.8, 4) is 0 Å². The summed E-state index contributed by atoms with van der Waals surface area (Å²) in [5.74, 6) is 0. The third-order valence-electron chi connectivity index (χ3n) is 2.16. The molecule has 1 aromatic rings. The van der Waals surface area contributed by atoms with Gasteiger partial charge in [0.25, 0.3) is 0 Å². The fourth-order valence-electron chi connectivity index (χ4n) is 1.42. The van der Waals surface area contributed by atoms with Gasteiger partial charge in [-0.3, -0.25) is 4.90 Å². The molecule has 0 atom stereocenters. The lowest BCUT2D eigenvalue weighted by Crippen LogP contribution is -2.21. The largest absolute Gasteiger partial charge is 0.395 e. The first-order valence-corrected chi connectivity index (χ1v) is 4.83. The van der Waals surface area contributed by atoms with Crippen molar-refractivity contribution in [2.75, 3.05) is 20.2 Å². The Morgan fingerprint density at radius 1 is 1.36 bits per heavy atom. The first-order chi connectivity index (χ1) is 6.76. The molecular formula is C11H18N2O. The van der Waals surface area contributed by atoms with Crippen LogP contribution in [0.3, 0.4) is 0 Å². The Morgan fingerprint density at radius 3 is 2.71 bits per heavy atom. The average molecular weight is 194 g/mol. The third kappa shape index (κ3) is 3.46. The summed E-state index contributed by atoms with van der Waals surface area (Å²) < 4.78 is 0. The highest BCUT2D eigenvalue weighted by molar-refractivity contribution is 5.23. The van der Waals surface area contributed by atoms with Gasteiger partial charge in [0.1, 0.15) is 0 Å². The van der Waals surface area contributed by atoms with Gasteiger partial charge >= 0.3 is 0 Å². The van der Waals surface area contributed by atoms with Gasteiger partial charge in [0.2, 0.25) is 0 Å². The second kappa shape index (κ2) is 5.75. The molecule has 78 valence electrons. The fraction of sp³-hybridized carbons (Fsp3) is 0.455. The molecule has 0 radical (unpaired) electrons. The van der Waals surface area contributed by atoms with Crippen molar-refractivity contribution in [2.45, 2.75) is 13.1 Å². The molecule has 0 heterocycles. The monoisotopic (exact) mass is 194 g/mol. The Balaban J connectivity index is 2.57. The van der Waals surface area contributed by atoms with Crippen molar-refractivity contribution in [1.82, 2.24) is 4.90 Å². The third-order valence-corrected chi connectivity index (χ3v) is 2.16. The zero-order valence-corrected chi connectivity index (χ0v) is 8.61. The number of hydrogen-bond donors (Lipinski definition) is 2. The maximum atomic E-state index is 8.75. The van der Waals surface area contributed by atoms with E-state index in [2.05, 4.69) is 17.0 Å². The van der Waals surface area contributed by atoms with Crippen LogP contribution in [0.4, 0.5) is 0 Å². The van der Waals surface area contributed by atoms with Crippen molar-refractivity contribution in [3.05, 3.63) is 35.4 Å². The number of nitrogens with zero attached hydrogens (tertiary/aromatic N) is 1. The molecule has 14 heavy (non-hydrogen) atoms. The summed E-state index contributed by atoms with van der Waals surface area (Å²) in [5, 5.41) is 8.75. The van der Waals surface area contributed by atoms with Crippen molar-refractivity contribution in [1.29, 1.82) is 0 Å². The minimum absolute atomic E-state index is 0.201. The van der Waals surface area contributed by atoms with Crippen molar-refractivity contribution in [3.63, 3.8) is 0 Å².